The fourth-order valence-electron chi connectivity index (χ4n) is 5.08. The smallest absolute Gasteiger partial charge is 0.148 e. The van der Waals surface area contributed by atoms with E-state index in [9.17, 15) is 0 Å². The number of methoxy groups -OCH3 is 1. The normalized spacial score (nSPS) is 12.1. The van der Waals surface area contributed by atoms with E-state index in [2.05, 4.69) is 45.0 Å². The van der Waals surface area contributed by atoms with Crippen LogP contribution in [0.1, 0.15) is 135 Å². The van der Waals surface area contributed by atoms with Gasteiger partial charge in [-0.25, -0.2) is 0 Å². The maximum Gasteiger partial charge on any atom is 0.148 e. The van der Waals surface area contributed by atoms with Crippen molar-refractivity contribution >= 4 is 6.71 Å². The number of hydrogen-bond donors (Lipinski definition) is 0. The summed E-state index contributed by atoms with van der Waals surface area (Å²) in [7, 11) is 1.80. The summed E-state index contributed by atoms with van der Waals surface area (Å²) in [5.74, 6) is 1.73. The van der Waals surface area contributed by atoms with Gasteiger partial charge >= 0.3 is 0 Å². The van der Waals surface area contributed by atoms with Crippen LogP contribution in [0.5, 0.6) is 5.75 Å². The van der Waals surface area contributed by atoms with Gasteiger partial charge < -0.3 is 4.74 Å². The van der Waals surface area contributed by atoms with Crippen LogP contribution in [0.2, 0.25) is 12.6 Å². The van der Waals surface area contributed by atoms with Crippen molar-refractivity contribution in [1.29, 1.82) is 0 Å². The molecule has 0 saturated carbocycles. The molecule has 0 heterocycles. The standard InChI is InChI=1S/C29H53BO/c1-5-8-11-14-17-23-29(27-21-20-22-28(26-27)31-4)30(24-18-15-12-9-6-2)25-19-16-13-10-7-3/h20-22,26,29H,5-19,23-25H2,1-4H3. The molecule has 1 unspecified atom stereocenters. The molecule has 0 aromatic heterocycles. The Balaban J connectivity index is 2.82. The van der Waals surface area contributed by atoms with Gasteiger partial charge in [-0.05, 0) is 23.5 Å². The summed E-state index contributed by atoms with van der Waals surface area (Å²) < 4.78 is 5.59. The summed E-state index contributed by atoms with van der Waals surface area (Å²) in [5.41, 5.74) is 1.53. The van der Waals surface area contributed by atoms with E-state index in [1.165, 1.54) is 121 Å². The predicted octanol–water partition coefficient (Wildman–Crippen LogP) is 10.1. The van der Waals surface area contributed by atoms with Gasteiger partial charge in [0.05, 0.1) is 7.11 Å². The van der Waals surface area contributed by atoms with Gasteiger partial charge in [0.2, 0.25) is 0 Å². The van der Waals surface area contributed by atoms with Gasteiger partial charge in [0.25, 0.3) is 0 Å². The average molecular weight is 429 g/mol. The first-order chi connectivity index (χ1) is 15.3. The highest BCUT2D eigenvalue weighted by atomic mass is 16.5. The summed E-state index contributed by atoms with van der Waals surface area (Å²) in [5, 5.41) is 0. The van der Waals surface area contributed by atoms with Crippen molar-refractivity contribution in [3.05, 3.63) is 29.8 Å². The molecule has 178 valence electrons. The van der Waals surface area contributed by atoms with Gasteiger partial charge in [-0.2, -0.15) is 0 Å². The topological polar surface area (TPSA) is 9.23 Å². The SMILES string of the molecule is CCCCCCCB(CCCCCCC)C(CCCCCCC)c1cccc(OC)c1. The van der Waals surface area contributed by atoms with Gasteiger partial charge in [-0.1, -0.05) is 148 Å². The molecule has 2 heteroatoms. The largest absolute Gasteiger partial charge is 0.497 e. The molecule has 0 aliphatic heterocycles. The molecule has 0 spiro atoms. The van der Waals surface area contributed by atoms with E-state index in [0.717, 1.165) is 12.5 Å². The summed E-state index contributed by atoms with van der Waals surface area (Å²) >= 11 is 0. The van der Waals surface area contributed by atoms with Crippen molar-refractivity contribution in [3.63, 3.8) is 0 Å². The quantitative estimate of drug-likeness (QED) is 0.140. The average Bonchev–Trinajstić information content (AvgIpc) is 2.80. The number of hydrogen-bond acceptors (Lipinski definition) is 1. The van der Waals surface area contributed by atoms with E-state index in [-0.39, 0.29) is 0 Å². The highest BCUT2D eigenvalue weighted by Gasteiger charge is 2.26. The van der Waals surface area contributed by atoms with Crippen LogP contribution in [0.4, 0.5) is 0 Å². The minimum atomic E-state index is 0.703. The molecule has 1 nitrogen and oxygen atoms in total. The summed E-state index contributed by atoms with van der Waals surface area (Å²) in [4.78, 5) is 0. The molecule has 1 atom stereocenters. The zero-order chi connectivity index (χ0) is 22.6. The Morgan fingerprint density at radius 3 is 1.71 bits per heavy atom. The maximum absolute atomic E-state index is 5.59. The van der Waals surface area contributed by atoms with E-state index >= 15 is 0 Å². The van der Waals surface area contributed by atoms with Crippen molar-refractivity contribution in [2.24, 2.45) is 0 Å². The van der Waals surface area contributed by atoms with Crippen LogP contribution in [-0.4, -0.2) is 13.8 Å². The first-order valence-electron chi connectivity index (χ1n) is 13.9. The molecular formula is C29H53BO. The molecular weight excluding hydrogens is 375 g/mol. The molecule has 0 N–H and O–H groups in total. The van der Waals surface area contributed by atoms with Crippen LogP contribution in [0.15, 0.2) is 24.3 Å². The Morgan fingerprint density at radius 2 is 1.19 bits per heavy atom. The second kappa shape index (κ2) is 19.7. The molecule has 1 aromatic rings. The Kier molecular flexibility index (Phi) is 17.9. The molecule has 0 aliphatic carbocycles. The van der Waals surface area contributed by atoms with Gasteiger partial charge in [0.15, 0.2) is 0 Å². The monoisotopic (exact) mass is 428 g/mol. The van der Waals surface area contributed by atoms with E-state index < -0.39 is 0 Å². The van der Waals surface area contributed by atoms with E-state index in [0.29, 0.717) is 5.82 Å². The third-order valence-corrected chi connectivity index (χ3v) is 7.07. The van der Waals surface area contributed by atoms with Crippen LogP contribution in [0, 0.1) is 0 Å². The van der Waals surface area contributed by atoms with Gasteiger partial charge in [-0.3, -0.25) is 0 Å². The highest BCUT2D eigenvalue weighted by Crippen LogP contribution is 2.33. The number of benzene rings is 1. The number of rotatable bonds is 21. The third-order valence-electron chi connectivity index (χ3n) is 7.07. The Labute approximate surface area is 196 Å². The van der Waals surface area contributed by atoms with Gasteiger partial charge in [-0.15, -0.1) is 0 Å². The lowest BCUT2D eigenvalue weighted by Gasteiger charge is -2.26. The summed E-state index contributed by atoms with van der Waals surface area (Å²) in [6.45, 7) is 7.78. The maximum atomic E-state index is 5.59. The van der Waals surface area contributed by atoms with E-state index in [1.54, 1.807) is 7.11 Å². The Hall–Kier alpha value is -0.915. The van der Waals surface area contributed by atoms with Crippen LogP contribution in [0.25, 0.3) is 0 Å². The first-order valence-corrected chi connectivity index (χ1v) is 13.9. The van der Waals surface area contributed by atoms with Crippen LogP contribution in [-0.2, 0) is 0 Å². The zero-order valence-electron chi connectivity index (χ0n) is 21.6. The second-order valence-electron chi connectivity index (χ2n) is 9.75. The Morgan fingerprint density at radius 1 is 0.677 bits per heavy atom. The molecule has 0 amide bonds. The zero-order valence-corrected chi connectivity index (χ0v) is 21.6. The number of unbranched alkanes of at least 4 members (excludes halogenated alkanes) is 12. The predicted molar refractivity (Wildman–Crippen MR) is 142 cm³/mol. The van der Waals surface area contributed by atoms with Crippen molar-refractivity contribution in [1.82, 2.24) is 0 Å². The van der Waals surface area contributed by atoms with Crippen LogP contribution < -0.4 is 4.74 Å². The van der Waals surface area contributed by atoms with Gasteiger partial charge in [0.1, 0.15) is 12.5 Å². The van der Waals surface area contributed by atoms with Crippen molar-refractivity contribution in [3.8, 4) is 5.75 Å². The summed E-state index contributed by atoms with van der Waals surface area (Å²) in [6.07, 6.45) is 25.1. The minimum absolute atomic E-state index is 0.703. The lowest BCUT2D eigenvalue weighted by molar-refractivity contribution is 0.414. The highest BCUT2D eigenvalue weighted by molar-refractivity contribution is 6.60. The van der Waals surface area contributed by atoms with Gasteiger partial charge in [0, 0.05) is 0 Å². The fourth-order valence-corrected chi connectivity index (χ4v) is 5.08. The van der Waals surface area contributed by atoms with Crippen LogP contribution >= 0.6 is 0 Å². The van der Waals surface area contributed by atoms with E-state index in [4.69, 9.17) is 4.74 Å². The molecule has 0 fully saturated rings. The minimum Gasteiger partial charge on any atom is -0.497 e. The van der Waals surface area contributed by atoms with Crippen molar-refractivity contribution in [2.75, 3.05) is 7.11 Å². The summed E-state index contributed by atoms with van der Waals surface area (Å²) in [6, 6.07) is 9.02. The molecule has 1 aromatic carbocycles. The Bertz CT molecular complexity index is 501. The molecule has 0 bridgehead atoms. The molecule has 0 radical (unpaired) electrons. The molecule has 31 heavy (non-hydrogen) atoms. The van der Waals surface area contributed by atoms with Crippen molar-refractivity contribution < 1.29 is 4.74 Å². The molecule has 0 aliphatic rings. The fraction of sp³-hybridized carbons (Fsp3) is 0.793. The lowest BCUT2D eigenvalue weighted by atomic mass is 9.34. The third kappa shape index (κ3) is 13.3. The first kappa shape index (κ1) is 28.1. The molecule has 1 rings (SSSR count). The molecule has 0 saturated heterocycles. The number of ether oxygens (including phenoxy) is 1. The van der Waals surface area contributed by atoms with Crippen molar-refractivity contribution in [2.45, 2.75) is 142 Å². The van der Waals surface area contributed by atoms with E-state index in [1.807, 2.05) is 0 Å². The second-order valence-corrected chi connectivity index (χ2v) is 9.75. The lowest BCUT2D eigenvalue weighted by Crippen LogP contribution is -2.24. The van der Waals surface area contributed by atoms with Crippen LogP contribution in [0.3, 0.4) is 0 Å².